The number of aliphatic imine (C=N–C) groups is 1. The first-order valence-electron chi connectivity index (χ1n) is 6.85. The van der Waals surface area contributed by atoms with Crippen molar-refractivity contribution in [3.8, 4) is 5.75 Å². The molecule has 2 rings (SSSR count). The van der Waals surface area contributed by atoms with Crippen LogP contribution in [-0.4, -0.2) is 25.0 Å². The fourth-order valence-corrected chi connectivity index (χ4v) is 2.69. The smallest absolute Gasteiger partial charge is 0.229 e. The van der Waals surface area contributed by atoms with E-state index in [9.17, 15) is 0 Å². The summed E-state index contributed by atoms with van der Waals surface area (Å²) in [5.41, 5.74) is 3.05. The highest BCUT2D eigenvalue weighted by molar-refractivity contribution is 6.49. The molecule has 0 unspecified atom stereocenters. The first-order valence-corrected chi connectivity index (χ1v) is 9.63. The second-order valence-corrected chi connectivity index (χ2v) is 7.41. The Labute approximate surface area is 121 Å². The van der Waals surface area contributed by atoms with Crippen LogP contribution in [0.25, 0.3) is 0 Å². The molecular weight excluding hydrogens is 266 g/mol. The largest absolute Gasteiger partial charge is 0.545 e. The number of nitrogens with zero attached hydrogens (tertiary/aromatic N) is 3. The van der Waals surface area contributed by atoms with Gasteiger partial charge in [0.15, 0.2) is 0 Å². The van der Waals surface area contributed by atoms with Gasteiger partial charge in [0.05, 0.1) is 12.2 Å². The topological polar surface area (TPSA) is 39.4 Å². The molecular formula is C15H21N3OSi. The van der Waals surface area contributed by atoms with Crippen LogP contribution in [0.5, 0.6) is 5.75 Å². The number of aromatic nitrogens is 2. The van der Waals surface area contributed by atoms with Crippen molar-refractivity contribution in [2.45, 2.75) is 33.5 Å². The minimum atomic E-state index is -1.13. The van der Waals surface area contributed by atoms with E-state index in [0.29, 0.717) is 6.54 Å². The number of hydrogen-bond donors (Lipinski definition) is 0. The van der Waals surface area contributed by atoms with E-state index in [1.807, 2.05) is 42.2 Å². The molecule has 0 amide bonds. The van der Waals surface area contributed by atoms with Crippen LogP contribution in [0.3, 0.4) is 0 Å². The summed E-state index contributed by atoms with van der Waals surface area (Å²) >= 11 is 0. The van der Waals surface area contributed by atoms with Gasteiger partial charge in [0.25, 0.3) is 0 Å². The van der Waals surface area contributed by atoms with Gasteiger partial charge in [-0.25, -0.2) is 0 Å². The second-order valence-electron chi connectivity index (χ2n) is 5.08. The third-order valence-corrected chi connectivity index (χ3v) is 3.52. The van der Waals surface area contributed by atoms with E-state index in [1.54, 1.807) is 0 Å². The third-order valence-electron chi connectivity index (χ3n) is 2.82. The lowest BCUT2D eigenvalue weighted by molar-refractivity contribution is 0.577. The van der Waals surface area contributed by atoms with Crippen molar-refractivity contribution in [3.05, 3.63) is 41.7 Å². The summed E-state index contributed by atoms with van der Waals surface area (Å²) in [5.74, 6) is 0.919. The summed E-state index contributed by atoms with van der Waals surface area (Å²) in [4.78, 5) is 4.54. The maximum Gasteiger partial charge on any atom is 0.229 e. The van der Waals surface area contributed by atoms with Crippen molar-refractivity contribution in [2.24, 2.45) is 4.99 Å². The maximum absolute atomic E-state index is 5.99. The van der Waals surface area contributed by atoms with Crippen LogP contribution in [0.1, 0.15) is 11.3 Å². The molecule has 20 heavy (non-hydrogen) atoms. The van der Waals surface area contributed by atoms with Gasteiger partial charge < -0.3 is 4.43 Å². The lowest BCUT2D eigenvalue weighted by atomic mass is 10.2. The normalized spacial score (nSPS) is 11.4. The molecule has 0 aliphatic rings. The molecule has 5 heteroatoms. The minimum Gasteiger partial charge on any atom is -0.545 e. The van der Waals surface area contributed by atoms with Crippen LogP contribution in [0.2, 0.25) is 13.1 Å². The maximum atomic E-state index is 5.99. The van der Waals surface area contributed by atoms with Gasteiger partial charge >= 0.3 is 0 Å². The minimum absolute atomic E-state index is 0.667. The van der Waals surface area contributed by atoms with Gasteiger partial charge in [-0.3, -0.25) is 9.67 Å². The summed E-state index contributed by atoms with van der Waals surface area (Å²) in [5, 5.41) is 4.33. The van der Waals surface area contributed by atoms with E-state index in [0.717, 1.165) is 22.7 Å². The third kappa shape index (κ3) is 3.80. The van der Waals surface area contributed by atoms with Crippen LogP contribution in [0.15, 0.2) is 35.5 Å². The molecule has 0 fully saturated rings. The Bertz CT molecular complexity index is 605. The van der Waals surface area contributed by atoms with Gasteiger partial charge in [-0.05, 0) is 44.6 Å². The Kier molecular flexibility index (Phi) is 4.73. The average molecular weight is 287 g/mol. The highest BCUT2D eigenvalue weighted by Gasteiger charge is 2.07. The fraction of sp³-hybridized carbons (Fsp3) is 0.333. The molecule has 0 N–H and O–H groups in total. The molecule has 0 saturated heterocycles. The summed E-state index contributed by atoms with van der Waals surface area (Å²) in [6.07, 6.45) is 3.83. The van der Waals surface area contributed by atoms with Gasteiger partial charge in [-0.1, -0.05) is 12.1 Å². The number of para-hydroxylation sites is 1. The van der Waals surface area contributed by atoms with Crippen molar-refractivity contribution >= 4 is 20.9 Å². The van der Waals surface area contributed by atoms with Crippen molar-refractivity contribution in [1.29, 1.82) is 0 Å². The Morgan fingerprint density at radius 2 is 2.10 bits per heavy atom. The Morgan fingerprint density at radius 1 is 1.30 bits per heavy atom. The van der Waals surface area contributed by atoms with Crippen LogP contribution >= 0.6 is 0 Å². The molecule has 0 saturated carbocycles. The van der Waals surface area contributed by atoms with E-state index in [1.165, 1.54) is 0 Å². The fourth-order valence-electron chi connectivity index (χ4n) is 1.92. The lowest BCUT2D eigenvalue weighted by Crippen LogP contribution is -2.12. The quantitative estimate of drug-likeness (QED) is 0.625. The van der Waals surface area contributed by atoms with Crippen molar-refractivity contribution in [3.63, 3.8) is 0 Å². The standard InChI is InChI=1S/C15H21N3OSi/c1-12-6-5-7-14(15(12)19-20(3)4)16-9-11-18-10-8-13(2)17-18/h5-10,20H,11H2,1-4H3. The van der Waals surface area contributed by atoms with E-state index in [-0.39, 0.29) is 0 Å². The summed E-state index contributed by atoms with van der Waals surface area (Å²) in [6.45, 7) is 9.02. The Hall–Kier alpha value is -1.88. The van der Waals surface area contributed by atoms with Crippen LogP contribution in [-0.2, 0) is 6.54 Å². The number of rotatable bonds is 5. The zero-order chi connectivity index (χ0) is 14.5. The summed E-state index contributed by atoms with van der Waals surface area (Å²) in [7, 11) is -1.13. The predicted molar refractivity (Wildman–Crippen MR) is 85.8 cm³/mol. The molecule has 0 aliphatic heterocycles. The Balaban J connectivity index is 2.14. The average Bonchev–Trinajstić information content (AvgIpc) is 2.79. The molecule has 0 bridgehead atoms. The molecule has 0 aliphatic carbocycles. The second kappa shape index (κ2) is 6.52. The van der Waals surface area contributed by atoms with Crippen LogP contribution < -0.4 is 4.43 Å². The van der Waals surface area contributed by atoms with Crippen LogP contribution in [0.4, 0.5) is 5.69 Å². The van der Waals surface area contributed by atoms with Crippen molar-refractivity contribution < 1.29 is 4.43 Å². The van der Waals surface area contributed by atoms with E-state index in [2.05, 4.69) is 36.2 Å². The molecule has 4 nitrogen and oxygen atoms in total. The summed E-state index contributed by atoms with van der Waals surface area (Å²) in [6, 6.07) is 8.04. The highest BCUT2D eigenvalue weighted by atomic mass is 28.3. The molecule has 0 spiro atoms. The number of benzene rings is 1. The molecule has 106 valence electrons. The molecule has 0 radical (unpaired) electrons. The zero-order valence-corrected chi connectivity index (χ0v) is 13.7. The SMILES string of the molecule is Cc1ccn(CC=Nc2cccc(C)c2O[SiH](C)C)n1. The molecule has 1 aromatic heterocycles. The van der Waals surface area contributed by atoms with E-state index in [4.69, 9.17) is 4.43 Å². The monoisotopic (exact) mass is 287 g/mol. The van der Waals surface area contributed by atoms with Gasteiger partial charge in [0.2, 0.25) is 9.04 Å². The molecule has 1 aromatic carbocycles. The lowest BCUT2D eigenvalue weighted by Gasteiger charge is -2.14. The predicted octanol–water partition coefficient (Wildman–Crippen LogP) is 3.26. The van der Waals surface area contributed by atoms with Gasteiger partial charge in [0.1, 0.15) is 11.4 Å². The molecule has 0 atom stereocenters. The van der Waals surface area contributed by atoms with Gasteiger partial charge in [0, 0.05) is 12.4 Å². The number of hydrogen-bond acceptors (Lipinski definition) is 3. The number of aryl methyl sites for hydroxylation is 2. The van der Waals surface area contributed by atoms with Crippen molar-refractivity contribution in [1.82, 2.24) is 9.78 Å². The first-order chi connectivity index (χ1) is 9.56. The Morgan fingerprint density at radius 3 is 2.75 bits per heavy atom. The summed E-state index contributed by atoms with van der Waals surface area (Å²) < 4.78 is 7.85. The van der Waals surface area contributed by atoms with E-state index >= 15 is 0 Å². The van der Waals surface area contributed by atoms with Crippen molar-refractivity contribution in [2.75, 3.05) is 0 Å². The van der Waals surface area contributed by atoms with Crippen LogP contribution in [0, 0.1) is 13.8 Å². The van der Waals surface area contributed by atoms with Gasteiger partial charge in [-0.2, -0.15) is 5.10 Å². The zero-order valence-electron chi connectivity index (χ0n) is 12.5. The molecule has 1 heterocycles. The highest BCUT2D eigenvalue weighted by Crippen LogP contribution is 2.31. The molecule has 2 aromatic rings. The first kappa shape index (κ1) is 14.5. The van der Waals surface area contributed by atoms with E-state index < -0.39 is 9.04 Å². The van der Waals surface area contributed by atoms with Gasteiger partial charge in [-0.15, -0.1) is 0 Å².